The van der Waals surface area contributed by atoms with Crippen molar-refractivity contribution in [1.82, 2.24) is 9.69 Å². The van der Waals surface area contributed by atoms with Crippen LogP contribution in [0.1, 0.15) is 32.0 Å². The molecular formula is C19H14Cl2FN3O3S. The Morgan fingerprint density at radius 1 is 1.17 bits per heavy atom. The molecule has 0 saturated carbocycles. The van der Waals surface area contributed by atoms with Gasteiger partial charge in [-0.3, -0.25) is 9.59 Å². The normalized spacial score (nSPS) is 10.6. The molecular weight excluding hydrogens is 440 g/mol. The summed E-state index contributed by atoms with van der Waals surface area (Å²) < 4.78 is 17.8. The van der Waals surface area contributed by atoms with E-state index < -0.39 is 17.6 Å². The molecule has 0 aliphatic heterocycles. The van der Waals surface area contributed by atoms with Gasteiger partial charge in [0, 0.05) is 17.7 Å². The third-order valence-electron chi connectivity index (χ3n) is 3.99. The zero-order valence-electron chi connectivity index (χ0n) is 14.9. The van der Waals surface area contributed by atoms with E-state index >= 15 is 0 Å². The zero-order chi connectivity index (χ0) is 21.1. The molecule has 1 heterocycles. The maximum atomic E-state index is 13.7. The van der Waals surface area contributed by atoms with Crippen LogP contribution in [0.3, 0.4) is 0 Å². The molecule has 2 aromatic carbocycles. The molecule has 0 spiro atoms. The molecule has 150 valence electrons. The van der Waals surface area contributed by atoms with Crippen LogP contribution in [0, 0.1) is 12.7 Å². The number of phenols is 1. The Labute approximate surface area is 179 Å². The van der Waals surface area contributed by atoms with E-state index in [9.17, 15) is 19.1 Å². The second kappa shape index (κ2) is 8.77. The number of amides is 2. The minimum absolute atomic E-state index is 0.0165. The molecule has 0 bridgehead atoms. The van der Waals surface area contributed by atoms with Crippen molar-refractivity contribution in [2.75, 3.05) is 5.32 Å². The summed E-state index contributed by atoms with van der Waals surface area (Å²) in [6, 6.07) is 8.60. The van der Waals surface area contributed by atoms with Gasteiger partial charge in [-0.1, -0.05) is 41.4 Å². The number of carbonyl (C=O) groups is 2. The smallest absolute Gasteiger partial charge is 0.256 e. The van der Waals surface area contributed by atoms with Crippen LogP contribution in [0.2, 0.25) is 10.0 Å². The summed E-state index contributed by atoms with van der Waals surface area (Å²) in [5.41, 5.74) is 1.02. The lowest BCUT2D eigenvalue weighted by atomic mass is 10.1. The van der Waals surface area contributed by atoms with Gasteiger partial charge < -0.3 is 15.7 Å². The Bertz CT molecular complexity index is 1080. The van der Waals surface area contributed by atoms with Gasteiger partial charge in [-0.25, -0.2) is 4.39 Å². The van der Waals surface area contributed by atoms with Crippen LogP contribution in [-0.2, 0) is 6.54 Å². The number of aromatic hydroxyl groups is 1. The summed E-state index contributed by atoms with van der Waals surface area (Å²) in [6.07, 6.45) is 0. The standard InChI is InChI=1S/C19H14Cl2FN3O3S/c1-9-15(18(28)23-8-10-4-2-3-5-14(10)22)19(29-25-9)24-17(27)11-6-12(20)16(26)13(21)7-11/h2-7,26H,8H2,1H3,(H,23,28)(H,24,27). The van der Waals surface area contributed by atoms with Gasteiger partial charge in [-0.2, -0.15) is 4.37 Å². The molecule has 0 aliphatic rings. The second-order valence-electron chi connectivity index (χ2n) is 5.99. The SMILES string of the molecule is Cc1nsc(NC(=O)c2cc(Cl)c(O)c(Cl)c2)c1C(=O)NCc1ccccc1F. The molecule has 3 N–H and O–H groups in total. The number of nitrogens with one attached hydrogen (secondary N) is 2. The van der Waals surface area contributed by atoms with E-state index in [4.69, 9.17) is 23.2 Å². The number of aromatic nitrogens is 1. The van der Waals surface area contributed by atoms with Crippen LogP contribution >= 0.6 is 34.7 Å². The number of nitrogens with zero attached hydrogens (tertiary/aromatic N) is 1. The predicted molar refractivity (Wildman–Crippen MR) is 111 cm³/mol. The monoisotopic (exact) mass is 453 g/mol. The van der Waals surface area contributed by atoms with E-state index in [1.54, 1.807) is 25.1 Å². The third-order valence-corrected chi connectivity index (χ3v) is 5.42. The van der Waals surface area contributed by atoms with Crippen LogP contribution in [-0.4, -0.2) is 21.3 Å². The van der Waals surface area contributed by atoms with Crippen LogP contribution in [0.5, 0.6) is 5.75 Å². The minimum atomic E-state index is -0.583. The number of hydrogen-bond acceptors (Lipinski definition) is 5. The number of benzene rings is 2. The molecule has 0 unspecified atom stereocenters. The molecule has 0 atom stereocenters. The highest BCUT2D eigenvalue weighted by molar-refractivity contribution is 7.11. The number of carbonyl (C=O) groups excluding carboxylic acids is 2. The van der Waals surface area contributed by atoms with E-state index in [0.29, 0.717) is 11.3 Å². The van der Waals surface area contributed by atoms with Gasteiger partial charge in [0.25, 0.3) is 11.8 Å². The van der Waals surface area contributed by atoms with Crippen molar-refractivity contribution in [3.63, 3.8) is 0 Å². The minimum Gasteiger partial charge on any atom is -0.505 e. The first-order valence-electron chi connectivity index (χ1n) is 8.25. The van der Waals surface area contributed by atoms with Gasteiger partial charge in [0.05, 0.1) is 21.3 Å². The lowest BCUT2D eigenvalue weighted by molar-refractivity contribution is 0.0951. The van der Waals surface area contributed by atoms with Crippen molar-refractivity contribution in [2.45, 2.75) is 13.5 Å². The lowest BCUT2D eigenvalue weighted by Gasteiger charge is -2.09. The molecule has 3 rings (SSSR count). The fourth-order valence-electron chi connectivity index (χ4n) is 2.50. The average molecular weight is 454 g/mol. The topological polar surface area (TPSA) is 91.3 Å². The van der Waals surface area contributed by atoms with Gasteiger partial charge >= 0.3 is 0 Å². The molecule has 10 heteroatoms. The van der Waals surface area contributed by atoms with Crippen molar-refractivity contribution < 1.29 is 19.1 Å². The molecule has 0 fully saturated rings. The average Bonchev–Trinajstić information content (AvgIpc) is 3.05. The fourth-order valence-corrected chi connectivity index (χ4v) is 3.78. The highest BCUT2D eigenvalue weighted by Gasteiger charge is 2.21. The van der Waals surface area contributed by atoms with Crippen LogP contribution in [0.25, 0.3) is 0 Å². The summed E-state index contributed by atoms with van der Waals surface area (Å²) >= 11 is 12.6. The first kappa shape index (κ1) is 21.0. The molecule has 6 nitrogen and oxygen atoms in total. The van der Waals surface area contributed by atoms with Crippen molar-refractivity contribution in [2.24, 2.45) is 0 Å². The number of rotatable bonds is 5. The summed E-state index contributed by atoms with van der Waals surface area (Å²) in [5.74, 6) is -1.84. The van der Waals surface area contributed by atoms with Gasteiger partial charge in [-0.15, -0.1) is 0 Å². The number of hydrogen-bond donors (Lipinski definition) is 3. The van der Waals surface area contributed by atoms with Crippen LogP contribution < -0.4 is 10.6 Å². The molecule has 2 amide bonds. The van der Waals surface area contributed by atoms with E-state index in [1.165, 1.54) is 18.2 Å². The summed E-state index contributed by atoms with van der Waals surface area (Å²) in [5, 5.41) is 14.9. The summed E-state index contributed by atoms with van der Waals surface area (Å²) in [4.78, 5) is 25.1. The van der Waals surface area contributed by atoms with E-state index in [1.807, 2.05) is 0 Å². The van der Waals surface area contributed by atoms with Gasteiger partial charge in [0.2, 0.25) is 0 Å². The van der Waals surface area contributed by atoms with E-state index in [-0.39, 0.29) is 38.5 Å². The number of aryl methyl sites for hydroxylation is 1. The summed E-state index contributed by atoms with van der Waals surface area (Å²) in [7, 11) is 0. The Morgan fingerprint density at radius 2 is 1.83 bits per heavy atom. The zero-order valence-corrected chi connectivity index (χ0v) is 17.3. The second-order valence-corrected chi connectivity index (χ2v) is 7.58. The highest BCUT2D eigenvalue weighted by atomic mass is 35.5. The third kappa shape index (κ3) is 4.67. The number of phenolic OH excluding ortho intramolecular Hbond substituents is 1. The van der Waals surface area contributed by atoms with Crippen LogP contribution in [0.15, 0.2) is 36.4 Å². The van der Waals surface area contributed by atoms with E-state index in [0.717, 1.165) is 11.5 Å². The largest absolute Gasteiger partial charge is 0.505 e. The Kier molecular flexibility index (Phi) is 6.36. The van der Waals surface area contributed by atoms with E-state index in [2.05, 4.69) is 15.0 Å². The number of anilines is 1. The fraction of sp³-hybridized carbons (Fsp3) is 0.105. The van der Waals surface area contributed by atoms with Crippen molar-refractivity contribution >= 4 is 51.5 Å². The Hall–Kier alpha value is -2.68. The predicted octanol–water partition coefficient (Wildman–Crippen LogP) is 4.79. The van der Waals surface area contributed by atoms with Gasteiger partial charge in [-0.05, 0) is 36.7 Å². The molecule has 0 saturated heterocycles. The Balaban J connectivity index is 1.78. The maximum absolute atomic E-state index is 13.7. The molecule has 29 heavy (non-hydrogen) atoms. The van der Waals surface area contributed by atoms with Gasteiger partial charge in [0.1, 0.15) is 10.8 Å². The lowest BCUT2D eigenvalue weighted by Crippen LogP contribution is -2.25. The summed E-state index contributed by atoms with van der Waals surface area (Å²) in [6.45, 7) is 1.61. The highest BCUT2D eigenvalue weighted by Crippen LogP contribution is 2.33. The quantitative estimate of drug-likeness (QED) is 0.517. The first-order valence-corrected chi connectivity index (χ1v) is 9.78. The first-order chi connectivity index (χ1) is 13.8. The number of halogens is 3. The Morgan fingerprint density at radius 3 is 2.48 bits per heavy atom. The molecule has 1 aromatic heterocycles. The van der Waals surface area contributed by atoms with Crippen LogP contribution in [0.4, 0.5) is 9.39 Å². The van der Waals surface area contributed by atoms with Crippen molar-refractivity contribution in [1.29, 1.82) is 0 Å². The van der Waals surface area contributed by atoms with Crippen molar-refractivity contribution in [3.8, 4) is 5.75 Å². The van der Waals surface area contributed by atoms with Crippen molar-refractivity contribution in [3.05, 3.63) is 74.6 Å². The maximum Gasteiger partial charge on any atom is 0.256 e. The molecule has 3 aromatic rings. The molecule has 0 radical (unpaired) electrons. The van der Waals surface area contributed by atoms with Gasteiger partial charge in [0.15, 0.2) is 5.75 Å². The molecule has 0 aliphatic carbocycles.